The normalized spacial score (nSPS) is 11.7. The molecule has 102 valence electrons. The van der Waals surface area contributed by atoms with Gasteiger partial charge in [0.1, 0.15) is 11.7 Å². The van der Waals surface area contributed by atoms with Crippen LogP contribution in [0.2, 0.25) is 0 Å². The number of carbonyl (C=O) groups excluding carboxylic acids is 2. The van der Waals surface area contributed by atoms with Crippen LogP contribution in [0.25, 0.3) is 0 Å². The molecule has 0 fully saturated rings. The number of hydrogen-bond acceptors (Lipinski definition) is 5. The third-order valence-corrected chi connectivity index (χ3v) is 2.39. The van der Waals surface area contributed by atoms with E-state index in [0.717, 1.165) is 0 Å². The number of carboxylic acids is 1. The molecule has 8 nitrogen and oxygen atoms in total. The van der Waals surface area contributed by atoms with E-state index >= 15 is 0 Å². The van der Waals surface area contributed by atoms with E-state index < -0.39 is 29.3 Å². The number of benzene rings is 1. The highest BCUT2D eigenvalue weighted by Gasteiger charge is 2.18. The van der Waals surface area contributed by atoms with Crippen LogP contribution in [0, 0.1) is 17.0 Å². The lowest BCUT2D eigenvalue weighted by Crippen LogP contribution is -2.69. The number of anilines is 1. The van der Waals surface area contributed by atoms with Gasteiger partial charge in [-0.25, -0.2) is 0 Å². The van der Waals surface area contributed by atoms with Crippen molar-refractivity contribution in [2.45, 2.75) is 19.4 Å². The van der Waals surface area contributed by atoms with Crippen LogP contribution in [0.15, 0.2) is 18.2 Å². The number of nitrogens with one attached hydrogen (secondary N) is 1. The number of nitro benzene ring substituents is 1. The fourth-order valence-electron chi connectivity index (χ4n) is 1.41. The van der Waals surface area contributed by atoms with Crippen LogP contribution in [0.4, 0.5) is 11.4 Å². The Morgan fingerprint density at radius 3 is 2.63 bits per heavy atom. The molecule has 19 heavy (non-hydrogen) atoms. The Morgan fingerprint density at radius 1 is 1.47 bits per heavy atom. The van der Waals surface area contributed by atoms with Gasteiger partial charge in [-0.15, -0.1) is 0 Å². The van der Waals surface area contributed by atoms with Crippen LogP contribution >= 0.6 is 0 Å². The van der Waals surface area contributed by atoms with Gasteiger partial charge in [-0.05, 0) is 18.6 Å². The number of quaternary nitrogens is 1. The van der Waals surface area contributed by atoms with Crippen molar-refractivity contribution >= 4 is 23.3 Å². The molecule has 0 heterocycles. The van der Waals surface area contributed by atoms with Gasteiger partial charge in [0.2, 0.25) is 5.91 Å². The van der Waals surface area contributed by atoms with E-state index in [1.165, 1.54) is 12.1 Å². The summed E-state index contributed by atoms with van der Waals surface area (Å²) in [6.07, 6.45) is -0.409. The molecule has 1 aromatic carbocycles. The summed E-state index contributed by atoms with van der Waals surface area (Å²) in [7, 11) is 0. The second-order valence-corrected chi connectivity index (χ2v) is 4.05. The smallest absolute Gasteiger partial charge is 0.293 e. The van der Waals surface area contributed by atoms with Crippen LogP contribution in [0.1, 0.15) is 12.0 Å². The van der Waals surface area contributed by atoms with Gasteiger partial charge in [-0.3, -0.25) is 14.9 Å². The first kappa shape index (κ1) is 14.6. The van der Waals surface area contributed by atoms with E-state index in [0.29, 0.717) is 5.56 Å². The molecule has 0 radical (unpaired) electrons. The number of carbonyl (C=O) groups is 2. The lowest BCUT2D eigenvalue weighted by molar-refractivity contribution is -0.436. The monoisotopic (exact) mass is 267 g/mol. The Bertz CT molecular complexity index is 529. The lowest BCUT2D eigenvalue weighted by atomic mass is 10.1. The fraction of sp³-hybridized carbons (Fsp3) is 0.273. The molecular formula is C11H13N3O5. The Balaban J connectivity index is 2.85. The molecule has 1 rings (SSSR count). The number of amides is 1. The van der Waals surface area contributed by atoms with Crippen LogP contribution in [-0.2, 0) is 9.59 Å². The Morgan fingerprint density at radius 2 is 2.11 bits per heavy atom. The van der Waals surface area contributed by atoms with Gasteiger partial charge in [0, 0.05) is 6.07 Å². The summed E-state index contributed by atoms with van der Waals surface area (Å²) in [5.74, 6) is -2.12. The minimum absolute atomic E-state index is 0.0196. The van der Waals surface area contributed by atoms with Crippen LogP contribution < -0.4 is 16.2 Å². The Labute approximate surface area is 108 Å². The number of rotatable bonds is 5. The first-order valence-corrected chi connectivity index (χ1v) is 5.40. The summed E-state index contributed by atoms with van der Waals surface area (Å²) in [4.78, 5) is 32.2. The van der Waals surface area contributed by atoms with Crippen LogP contribution in [0.3, 0.4) is 0 Å². The second-order valence-electron chi connectivity index (χ2n) is 4.05. The molecule has 8 heteroatoms. The summed E-state index contributed by atoms with van der Waals surface area (Å²) < 4.78 is 0. The highest BCUT2D eigenvalue weighted by Crippen LogP contribution is 2.25. The Kier molecular flexibility index (Phi) is 4.54. The maximum absolute atomic E-state index is 11.5. The topological polar surface area (TPSA) is 140 Å². The van der Waals surface area contributed by atoms with Crippen LogP contribution in [0.5, 0.6) is 0 Å². The van der Waals surface area contributed by atoms with Crippen molar-refractivity contribution in [3.63, 3.8) is 0 Å². The van der Waals surface area contributed by atoms with Gasteiger partial charge in [0.25, 0.3) is 5.69 Å². The Hall–Kier alpha value is -2.48. The number of hydrogen-bond donors (Lipinski definition) is 2. The first-order valence-electron chi connectivity index (χ1n) is 5.40. The maximum atomic E-state index is 11.5. The van der Waals surface area contributed by atoms with E-state index in [9.17, 15) is 24.8 Å². The number of nitro groups is 1. The van der Waals surface area contributed by atoms with E-state index in [1.807, 2.05) is 0 Å². The lowest BCUT2D eigenvalue weighted by Gasteiger charge is -2.10. The van der Waals surface area contributed by atoms with Crippen molar-refractivity contribution in [1.29, 1.82) is 0 Å². The van der Waals surface area contributed by atoms with Crippen molar-refractivity contribution in [3.05, 3.63) is 33.9 Å². The largest absolute Gasteiger partial charge is 0.544 e. The predicted molar refractivity (Wildman–Crippen MR) is 62.8 cm³/mol. The number of aliphatic carboxylic acids is 1. The van der Waals surface area contributed by atoms with Gasteiger partial charge in [0.15, 0.2) is 0 Å². The standard InChI is InChI=1S/C11H13N3O5/c1-6-2-3-8(9(4-6)14(18)19)13-10(15)5-7(12)11(16)17/h2-4,7H,5,12H2,1H3,(H,13,15)(H,16,17)/t7-/m0/s1. The SMILES string of the molecule is Cc1ccc(NC(=O)C[C@H]([NH3+])C(=O)[O-])c([N+](=O)[O-])c1. The molecule has 4 N–H and O–H groups in total. The molecule has 0 aromatic heterocycles. The number of aryl methyl sites for hydroxylation is 1. The van der Waals surface area contributed by atoms with Crippen molar-refractivity contribution < 1.29 is 25.4 Å². The molecular weight excluding hydrogens is 254 g/mol. The average Bonchev–Trinajstić information content (AvgIpc) is 2.30. The van der Waals surface area contributed by atoms with Gasteiger partial charge in [-0.2, -0.15) is 0 Å². The molecule has 0 bridgehead atoms. The molecule has 0 aliphatic rings. The minimum atomic E-state index is -1.45. The van der Waals surface area contributed by atoms with E-state index in [-0.39, 0.29) is 11.4 Å². The second kappa shape index (κ2) is 5.91. The van der Waals surface area contributed by atoms with Gasteiger partial charge < -0.3 is 21.0 Å². The highest BCUT2D eigenvalue weighted by atomic mass is 16.6. The quantitative estimate of drug-likeness (QED) is 0.498. The van der Waals surface area contributed by atoms with Crippen molar-refractivity contribution in [1.82, 2.24) is 0 Å². The molecule has 1 atom stereocenters. The summed E-state index contributed by atoms with van der Waals surface area (Å²) in [6.45, 7) is 1.68. The summed E-state index contributed by atoms with van der Waals surface area (Å²) in [5.41, 5.74) is 3.68. The summed E-state index contributed by atoms with van der Waals surface area (Å²) >= 11 is 0. The van der Waals surface area contributed by atoms with E-state index in [2.05, 4.69) is 11.1 Å². The fourth-order valence-corrected chi connectivity index (χ4v) is 1.41. The summed E-state index contributed by atoms with van der Waals surface area (Å²) in [6, 6.07) is 3.10. The first-order chi connectivity index (χ1) is 8.81. The van der Waals surface area contributed by atoms with E-state index in [1.54, 1.807) is 13.0 Å². The zero-order valence-electron chi connectivity index (χ0n) is 10.2. The van der Waals surface area contributed by atoms with Crippen molar-refractivity contribution in [3.8, 4) is 0 Å². The van der Waals surface area contributed by atoms with Gasteiger partial charge in [-0.1, -0.05) is 6.07 Å². The zero-order chi connectivity index (χ0) is 14.6. The molecule has 0 unspecified atom stereocenters. The predicted octanol–water partition coefficient (Wildman–Crippen LogP) is -1.41. The van der Waals surface area contributed by atoms with Crippen molar-refractivity contribution in [2.75, 3.05) is 5.32 Å². The average molecular weight is 267 g/mol. The molecule has 1 aromatic rings. The van der Waals surface area contributed by atoms with Gasteiger partial charge in [0.05, 0.1) is 17.3 Å². The van der Waals surface area contributed by atoms with Crippen molar-refractivity contribution in [2.24, 2.45) is 0 Å². The third kappa shape index (κ3) is 4.03. The third-order valence-electron chi connectivity index (χ3n) is 2.39. The molecule has 0 spiro atoms. The number of nitrogens with zero attached hydrogens (tertiary/aromatic N) is 1. The van der Waals surface area contributed by atoms with Crippen LogP contribution in [-0.4, -0.2) is 22.8 Å². The number of carboxylic acid groups (broad SMARTS) is 1. The minimum Gasteiger partial charge on any atom is -0.544 e. The zero-order valence-corrected chi connectivity index (χ0v) is 10.2. The molecule has 0 saturated carbocycles. The van der Waals surface area contributed by atoms with Gasteiger partial charge >= 0.3 is 0 Å². The molecule has 0 aliphatic carbocycles. The maximum Gasteiger partial charge on any atom is 0.293 e. The molecule has 1 amide bonds. The highest BCUT2D eigenvalue weighted by molar-refractivity contribution is 5.95. The molecule has 0 saturated heterocycles. The molecule has 0 aliphatic heterocycles. The van der Waals surface area contributed by atoms with E-state index in [4.69, 9.17) is 0 Å². The summed E-state index contributed by atoms with van der Waals surface area (Å²) in [5, 5.41) is 23.6.